The van der Waals surface area contributed by atoms with Crippen molar-refractivity contribution in [3.8, 4) is 5.75 Å². The molecule has 0 N–H and O–H groups in total. The third kappa shape index (κ3) is 3.02. The number of oxazole rings is 1. The number of halogens is 1. The van der Waals surface area contributed by atoms with Crippen molar-refractivity contribution < 1.29 is 9.15 Å². The van der Waals surface area contributed by atoms with Crippen LogP contribution >= 0.6 is 11.6 Å². The summed E-state index contributed by atoms with van der Waals surface area (Å²) in [7, 11) is 0. The van der Waals surface area contributed by atoms with Crippen molar-refractivity contribution >= 4 is 22.7 Å². The zero-order chi connectivity index (χ0) is 15.5. The normalized spacial score (nSPS) is 11.0. The minimum atomic E-state index is -0.335. The van der Waals surface area contributed by atoms with E-state index in [2.05, 4.69) is 0 Å². The zero-order valence-corrected chi connectivity index (χ0v) is 13.0. The molecule has 5 heteroatoms. The first-order chi connectivity index (χ1) is 10.6. The summed E-state index contributed by atoms with van der Waals surface area (Å²) in [6.07, 6.45) is 0.688. The Balaban J connectivity index is 1.67. The van der Waals surface area contributed by atoms with E-state index in [4.69, 9.17) is 20.8 Å². The van der Waals surface area contributed by atoms with Crippen LogP contribution in [0.1, 0.15) is 12.0 Å². The average molecular weight is 318 g/mol. The number of nitrogens with zero attached hydrogens (tertiary/aromatic N) is 1. The summed E-state index contributed by atoms with van der Waals surface area (Å²) in [5.74, 6) is 0.322. The quantitative estimate of drug-likeness (QED) is 0.667. The molecule has 0 atom stereocenters. The lowest BCUT2D eigenvalue weighted by Crippen LogP contribution is -2.16. The molecule has 0 unspecified atom stereocenters. The maximum atomic E-state index is 11.9. The molecule has 0 aliphatic rings. The largest absolute Gasteiger partial charge is 0.492 e. The second-order valence-corrected chi connectivity index (χ2v) is 5.53. The van der Waals surface area contributed by atoms with Gasteiger partial charge in [-0.3, -0.25) is 4.57 Å². The van der Waals surface area contributed by atoms with E-state index in [-0.39, 0.29) is 5.76 Å². The van der Waals surface area contributed by atoms with Crippen LogP contribution in [0.15, 0.2) is 51.7 Å². The van der Waals surface area contributed by atoms with Crippen molar-refractivity contribution in [2.24, 2.45) is 0 Å². The van der Waals surface area contributed by atoms with E-state index in [1.54, 1.807) is 10.6 Å². The van der Waals surface area contributed by atoms with Crippen LogP contribution in [-0.2, 0) is 6.54 Å². The highest BCUT2D eigenvalue weighted by Gasteiger charge is 2.09. The maximum Gasteiger partial charge on any atom is 0.419 e. The van der Waals surface area contributed by atoms with E-state index in [0.717, 1.165) is 11.1 Å². The van der Waals surface area contributed by atoms with Gasteiger partial charge in [-0.1, -0.05) is 29.8 Å². The SMILES string of the molecule is Cc1ccc2oc(=O)n(CCCOc3ccccc3Cl)c2c1. The van der Waals surface area contributed by atoms with Crippen molar-refractivity contribution in [2.75, 3.05) is 6.61 Å². The summed E-state index contributed by atoms with van der Waals surface area (Å²) in [4.78, 5) is 11.9. The van der Waals surface area contributed by atoms with E-state index in [9.17, 15) is 4.79 Å². The van der Waals surface area contributed by atoms with Gasteiger partial charge < -0.3 is 9.15 Å². The summed E-state index contributed by atoms with van der Waals surface area (Å²) < 4.78 is 12.5. The Kier molecular flexibility index (Phi) is 4.20. The van der Waals surface area contributed by atoms with E-state index in [0.29, 0.717) is 35.9 Å². The summed E-state index contributed by atoms with van der Waals surface area (Å²) in [5.41, 5.74) is 2.53. The Labute approximate surface area is 132 Å². The van der Waals surface area contributed by atoms with Crippen molar-refractivity contribution in [3.05, 3.63) is 63.6 Å². The number of hydrogen-bond acceptors (Lipinski definition) is 3. The molecule has 1 heterocycles. The van der Waals surface area contributed by atoms with Crippen molar-refractivity contribution in [3.63, 3.8) is 0 Å². The number of hydrogen-bond donors (Lipinski definition) is 0. The van der Waals surface area contributed by atoms with Crippen LogP contribution in [0.5, 0.6) is 5.75 Å². The number of benzene rings is 2. The summed E-state index contributed by atoms with van der Waals surface area (Å²) in [6.45, 7) is 3.01. The van der Waals surface area contributed by atoms with Gasteiger partial charge in [0.25, 0.3) is 0 Å². The van der Waals surface area contributed by atoms with Crippen molar-refractivity contribution in [1.29, 1.82) is 0 Å². The third-order valence-electron chi connectivity index (χ3n) is 3.44. The van der Waals surface area contributed by atoms with Crippen LogP contribution in [0.4, 0.5) is 0 Å². The van der Waals surface area contributed by atoms with Gasteiger partial charge >= 0.3 is 5.76 Å². The van der Waals surface area contributed by atoms with E-state index in [1.807, 2.05) is 43.3 Å². The van der Waals surface area contributed by atoms with Gasteiger partial charge in [0.05, 0.1) is 17.1 Å². The summed E-state index contributed by atoms with van der Waals surface area (Å²) in [5, 5.41) is 0.587. The molecule has 0 spiro atoms. The van der Waals surface area contributed by atoms with E-state index in [1.165, 1.54) is 0 Å². The second-order valence-electron chi connectivity index (χ2n) is 5.12. The summed E-state index contributed by atoms with van der Waals surface area (Å²) >= 11 is 6.03. The van der Waals surface area contributed by atoms with Gasteiger partial charge in [-0.15, -0.1) is 0 Å². The molecular formula is C17H16ClNO3. The lowest BCUT2D eigenvalue weighted by atomic mass is 10.2. The summed E-state index contributed by atoms with van der Waals surface area (Å²) in [6, 6.07) is 13.0. The first-order valence-electron chi connectivity index (χ1n) is 7.12. The lowest BCUT2D eigenvalue weighted by Gasteiger charge is -2.08. The van der Waals surface area contributed by atoms with Crippen LogP contribution in [0.25, 0.3) is 11.1 Å². The highest BCUT2D eigenvalue weighted by atomic mass is 35.5. The molecule has 114 valence electrons. The van der Waals surface area contributed by atoms with Crippen LogP contribution in [0.3, 0.4) is 0 Å². The number of rotatable bonds is 5. The highest BCUT2D eigenvalue weighted by molar-refractivity contribution is 6.32. The first kappa shape index (κ1) is 14.7. The standard InChI is InChI=1S/C17H16ClNO3/c1-12-7-8-16-14(11-12)19(17(20)22-16)9-4-10-21-15-6-3-2-5-13(15)18/h2-3,5-8,11H,4,9-10H2,1H3. The van der Waals surface area contributed by atoms with Crippen LogP contribution in [0, 0.1) is 6.92 Å². The van der Waals surface area contributed by atoms with E-state index < -0.39 is 0 Å². The fraction of sp³-hybridized carbons (Fsp3) is 0.235. The minimum absolute atomic E-state index is 0.335. The monoisotopic (exact) mass is 317 g/mol. The van der Waals surface area contributed by atoms with E-state index >= 15 is 0 Å². The molecule has 0 saturated heterocycles. The molecule has 1 aromatic heterocycles. The zero-order valence-electron chi connectivity index (χ0n) is 12.2. The molecule has 0 radical (unpaired) electrons. The number of aryl methyl sites for hydroxylation is 2. The van der Waals surface area contributed by atoms with Gasteiger partial charge in [-0.25, -0.2) is 4.79 Å². The van der Waals surface area contributed by atoms with Gasteiger partial charge in [0.1, 0.15) is 5.75 Å². The van der Waals surface area contributed by atoms with Crippen LogP contribution < -0.4 is 10.5 Å². The Morgan fingerprint density at radius 2 is 2.05 bits per heavy atom. The van der Waals surface area contributed by atoms with Gasteiger partial charge in [0, 0.05) is 6.54 Å². The molecule has 3 aromatic rings. The maximum absolute atomic E-state index is 11.9. The Morgan fingerprint density at radius 1 is 1.23 bits per heavy atom. The molecule has 4 nitrogen and oxygen atoms in total. The number of aromatic nitrogens is 1. The Bertz CT molecular complexity index is 850. The molecule has 0 aliphatic carbocycles. The molecule has 3 rings (SSSR count). The fourth-order valence-corrected chi connectivity index (χ4v) is 2.54. The fourth-order valence-electron chi connectivity index (χ4n) is 2.35. The predicted octanol–water partition coefficient (Wildman–Crippen LogP) is 4.03. The Morgan fingerprint density at radius 3 is 2.86 bits per heavy atom. The van der Waals surface area contributed by atoms with Gasteiger partial charge in [-0.05, 0) is 43.2 Å². The van der Waals surface area contributed by atoms with Crippen LogP contribution in [-0.4, -0.2) is 11.2 Å². The van der Waals surface area contributed by atoms with Crippen LogP contribution in [0.2, 0.25) is 5.02 Å². The minimum Gasteiger partial charge on any atom is -0.492 e. The number of fused-ring (bicyclic) bond motifs is 1. The van der Waals surface area contributed by atoms with Crippen molar-refractivity contribution in [2.45, 2.75) is 19.9 Å². The Hall–Kier alpha value is -2.20. The predicted molar refractivity (Wildman–Crippen MR) is 86.8 cm³/mol. The number of ether oxygens (including phenoxy) is 1. The lowest BCUT2D eigenvalue weighted by molar-refractivity contribution is 0.300. The molecular weight excluding hydrogens is 302 g/mol. The molecule has 2 aromatic carbocycles. The van der Waals surface area contributed by atoms with Gasteiger partial charge in [-0.2, -0.15) is 0 Å². The van der Waals surface area contributed by atoms with Gasteiger partial charge in [0.2, 0.25) is 0 Å². The third-order valence-corrected chi connectivity index (χ3v) is 3.76. The van der Waals surface area contributed by atoms with Crippen molar-refractivity contribution in [1.82, 2.24) is 4.57 Å². The van der Waals surface area contributed by atoms with Gasteiger partial charge in [0.15, 0.2) is 5.58 Å². The molecule has 0 aliphatic heterocycles. The molecule has 22 heavy (non-hydrogen) atoms. The molecule has 0 fully saturated rings. The average Bonchev–Trinajstić information content (AvgIpc) is 2.81. The second kappa shape index (κ2) is 6.28. The molecule has 0 amide bonds. The first-order valence-corrected chi connectivity index (χ1v) is 7.50. The number of para-hydroxylation sites is 1. The molecule has 0 saturated carbocycles. The molecule has 0 bridgehead atoms. The topological polar surface area (TPSA) is 44.4 Å². The smallest absolute Gasteiger partial charge is 0.419 e. The highest BCUT2D eigenvalue weighted by Crippen LogP contribution is 2.23.